The Hall–Kier alpha value is -1.39. The molecule has 2 N–H and O–H groups in total. The third-order valence-corrected chi connectivity index (χ3v) is 3.78. The van der Waals surface area contributed by atoms with E-state index in [2.05, 4.69) is 6.92 Å². The summed E-state index contributed by atoms with van der Waals surface area (Å²) in [5.74, 6) is 0.800. The van der Waals surface area contributed by atoms with Crippen LogP contribution >= 0.6 is 0 Å². The highest BCUT2D eigenvalue weighted by Gasteiger charge is 2.07. The molecule has 0 aliphatic carbocycles. The van der Waals surface area contributed by atoms with Crippen LogP contribution in [0.2, 0.25) is 0 Å². The van der Waals surface area contributed by atoms with E-state index in [1.165, 1.54) is 44.9 Å². The number of benzene rings is 1. The zero-order chi connectivity index (χ0) is 16.0. The van der Waals surface area contributed by atoms with Crippen LogP contribution in [-0.4, -0.2) is 18.1 Å². The summed E-state index contributed by atoms with van der Waals surface area (Å²) in [6.07, 6.45) is 10.9. The SMILES string of the molecule is CCCCCCCCCCOc1ccc(C(C=O)NO)cc1. The number of nitrogens with one attached hydrogen (secondary N) is 1. The van der Waals surface area contributed by atoms with Gasteiger partial charge in [-0.05, 0) is 24.1 Å². The molecule has 0 aliphatic heterocycles. The van der Waals surface area contributed by atoms with Crippen molar-refractivity contribution in [2.45, 2.75) is 64.3 Å². The van der Waals surface area contributed by atoms with Crippen molar-refractivity contribution in [3.8, 4) is 5.75 Å². The van der Waals surface area contributed by atoms with Gasteiger partial charge in [-0.3, -0.25) is 0 Å². The molecule has 4 heteroatoms. The molecule has 0 heterocycles. The Balaban J connectivity index is 2.11. The molecular weight excluding hydrogens is 278 g/mol. The van der Waals surface area contributed by atoms with Crippen molar-refractivity contribution in [2.75, 3.05) is 6.61 Å². The van der Waals surface area contributed by atoms with Gasteiger partial charge >= 0.3 is 0 Å². The molecule has 0 aromatic heterocycles. The van der Waals surface area contributed by atoms with Gasteiger partial charge in [0.05, 0.1) is 6.61 Å². The molecule has 0 radical (unpaired) electrons. The van der Waals surface area contributed by atoms with Crippen molar-refractivity contribution < 1.29 is 14.7 Å². The van der Waals surface area contributed by atoms with Crippen molar-refractivity contribution >= 4 is 6.29 Å². The first kappa shape index (κ1) is 18.7. The van der Waals surface area contributed by atoms with Crippen LogP contribution in [0.3, 0.4) is 0 Å². The van der Waals surface area contributed by atoms with Crippen LogP contribution in [0.1, 0.15) is 69.9 Å². The second kappa shape index (κ2) is 12.2. The molecular formula is C18H29NO3. The second-order valence-corrected chi connectivity index (χ2v) is 5.64. The van der Waals surface area contributed by atoms with E-state index < -0.39 is 6.04 Å². The number of rotatable bonds is 13. The molecule has 0 saturated heterocycles. The Morgan fingerprint density at radius 1 is 1.05 bits per heavy atom. The van der Waals surface area contributed by atoms with Crippen molar-refractivity contribution in [3.05, 3.63) is 29.8 Å². The third-order valence-electron chi connectivity index (χ3n) is 3.78. The summed E-state index contributed by atoms with van der Waals surface area (Å²) in [5, 5.41) is 8.83. The lowest BCUT2D eigenvalue weighted by molar-refractivity contribution is -0.111. The van der Waals surface area contributed by atoms with Crippen LogP contribution in [0.15, 0.2) is 24.3 Å². The van der Waals surface area contributed by atoms with Crippen LogP contribution in [0.25, 0.3) is 0 Å². The minimum atomic E-state index is -0.679. The van der Waals surface area contributed by atoms with E-state index in [-0.39, 0.29) is 0 Å². The van der Waals surface area contributed by atoms with Crippen molar-refractivity contribution in [3.63, 3.8) is 0 Å². The average molecular weight is 307 g/mol. The van der Waals surface area contributed by atoms with Gasteiger partial charge in [0, 0.05) is 0 Å². The number of hydrogen-bond acceptors (Lipinski definition) is 4. The Kier molecular flexibility index (Phi) is 10.3. The number of carbonyl (C=O) groups excluding carboxylic acids is 1. The highest BCUT2D eigenvalue weighted by Crippen LogP contribution is 2.17. The van der Waals surface area contributed by atoms with E-state index in [1.54, 1.807) is 12.1 Å². The van der Waals surface area contributed by atoms with E-state index in [1.807, 2.05) is 17.6 Å². The van der Waals surface area contributed by atoms with Crippen molar-refractivity contribution in [1.29, 1.82) is 0 Å². The van der Waals surface area contributed by atoms with Gasteiger partial charge in [0.1, 0.15) is 18.1 Å². The summed E-state index contributed by atoms with van der Waals surface area (Å²) >= 11 is 0. The average Bonchev–Trinajstić information content (AvgIpc) is 2.56. The monoisotopic (exact) mass is 307 g/mol. The van der Waals surface area contributed by atoms with Gasteiger partial charge in [0.2, 0.25) is 0 Å². The number of aldehydes is 1. The van der Waals surface area contributed by atoms with Crippen LogP contribution in [-0.2, 0) is 4.79 Å². The molecule has 4 nitrogen and oxygen atoms in total. The summed E-state index contributed by atoms with van der Waals surface area (Å²) in [6.45, 7) is 2.97. The molecule has 1 atom stereocenters. The van der Waals surface area contributed by atoms with E-state index in [0.717, 1.165) is 24.3 Å². The standard InChI is InChI=1S/C18H29NO3/c1-2-3-4-5-6-7-8-9-14-22-17-12-10-16(11-13-17)18(15-20)19-21/h10-13,15,18-19,21H,2-9,14H2,1H3. The number of hydroxylamine groups is 1. The van der Waals surface area contributed by atoms with Crippen LogP contribution in [0.5, 0.6) is 5.75 Å². The first-order chi connectivity index (χ1) is 10.8. The summed E-state index contributed by atoms with van der Waals surface area (Å²) < 4.78 is 5.68. The minimum absolute atomic E-state index is 0.663. The van der Waals surface area contributed by atoms with Crippen molar-refractivity contribution in [2.24, 2.45) is 0 Å². The lowest BCUT2D eigenvalue weighted by Crippen LogP contribution is -2.17. The Bertz CT molecular complexity index is 392. The quantitative estimate of drug-likeness (QED) is 0.322. The van der Waals surface area contributed by atoms with Gasteiger partial charge in [0.25, 0.3) is 0 Å². The van der Waals surface area contributed by atoms with Crippen LogP contribution < -0.4 is 10.2 Å². The predicted octanol–water partition coefficient (Wildman–Crippen LogP) is 4.42. The molecule has 0 spiro atoms. The van der Waals surface area contributed by atoms with Crippen LogP contribution in [0.4, 0.5) is 0 Å². The topological polar surface area (TPSA) is 58.6 Å². The van der Waals surface area contributed by atoms with Gasteiger partial charge in [-0.15, -0.1) is 0 Å². The van der Waals surface area contributed by atoms with Crippen LogP contribution in [0, 0.1) is 0 Å². The normalized spacial score (nSPS) is 12.1. The molecule has 124 valence electrons. The summed E-state index contributed by atoms with van der Waals surface area (Å²) in [5.41, 5.74) is 2.68. The Morgan fingerprint density at radius 2 is 1.64 bits per heavy atom. The highest BCUT2D eigenvalue weighted by atomic mass is 16.5. The molecule has 0 amide bonds. The smallest absolute Gasteiger partial charge is 0.143 e. The van der Waals surface area contributed by atoms with Crippen molar-refractivity contribution in [1.82, 2.24) is 5.48 Å². The Morgan fingerprint density at radius 3 is 2.18 bits per heavy atom. The number of ether oxygens (including phenoxy) is 1. The summed E-state index contributed by atoms with van der Waals surface area (Å²) in [4.78, 5) is 10.7. The molecule has 0 fully saturated rings. The third kappa shape index (κ3) is 7.57. The molecule has 0 bridgehead atoms. The molecule has 1 unspecified atom stereocenters. The second-order valence-electron chi connectivity index (χ2n) is 5.64. The maximum absolute atomic E-state index is 10.7. The molecule has 1 rings (SSSR count). The fourth-order valence-electron chi connectivity index (χ4n) is 2.38. The van der Waals surface area contributed by atoms with E-state index in [4.69, 9.17) is 9.94 Å². The maximum Gasteiger partial charge on any atom is 0.143 e. The lowest BCUT2D eigenvalue weighted by atomic mass is 10.1. The zero-order valence-corrected chi connectivity index (χ0v) is 13.6. The van der Waals surface area contributed by atoms with Gasteiger partial charge in [-0.25, -0.2) is 0 Å². The predicted molar refractivity (Wildman–Crippen MR) is 88.3 cm³/mol. The van der Waals surface area contributed by atoms with E-state index in [0.29, 0.717) is 6.29 Å². The highest BCUT2D eigenvalue weighted by molar-refractivity contribution is 5.61. The first-order valence-corrected chi connectivity index (χ1v) is 8.39. The van der Waals surface area contributed by atoms with E-state index >= 15 is 0 Å². The summed E-state index contributed by atoms with van der Waals surface area (Å²) in [6, 6.07) is 6.54. The number of carbonyl (C=O) groups is 1. The largest absolute Gasteiger partial charge is 0.494 e. The first-order valence-electron chi connectivity index (χ1n) is 8.39. The van der Waals surface area contributed by atoms with E-state index in [9.17, 15) is 4.79 Å². The van der Waals surface area contributed by atoms with Gasteiger partial charge in [-0.2, -0.15) is 5.48 Å². The lowest BCUT2D eigenvalue weighted by Gasteiger charge is -2.10. The Labute approximate surface area is 133 Å². The molecule has 0 saturated carbocycles. The number of unbranched alkanes of at least 4 members (excludes halogenated alkanes) is 7. The molecule has 1 aromatic rings. The molecule has 1 aromatic carbocycles. The van der Waals surface area contributed by atoms with Gasteiger partial charge < -0.3 is 14.7 Å². The minimum Gasteiger partial charge on any atom is -0.494 e. The van der Waals surface area contributed by atoms with Gasteiger partial charge in [0.15, 0.2) is 0 Å². The maximum atomic E-state index is 10.7. The molecule has 0 aliphatic rings. The summed E-state index contributed by atoms with van der Waals surface area (Å²) in [7, 11) is 0. The number of hydrogen-bond donors (Lipinski definition) is 2. The molecule has 22 heavy (non-hydrogen) atoms. The fraction of sp³-hybridized carbons (Fsp3) is 0.611. The zero-order valence-electron chi connectivity index (χ0n) is 13.6. The van der Waals surface area contributed by atoms with Gasteiger partial charge in [-0.1, -0.05) is 64.0 Å². The fourth-order valence-corrected chi connectivity index (χ4v) is 2.38.